The third-order valence-electron chi connectivity index (χ3n) is 2.56. The molecule has 7 nitrogen and oxygen atoms in total. The molecule has 0 radical (unpaired) electrons. The highest BCUT2D eigenvalue weighted by atomic mass is 35.5. The van der Waals surface area contributed by atoms with Gasteiger partial charge in [0.25, 0.3) is 5.91 Å². The SMILES string of the molecule is CC(OC(=O)c1cc(Cl)ccc1O)C(=O)NC(=O)NC(C)(C)C. The zero-order valence-electron chi connectivity index (χ0n) is 13.3. The third-order valence-corrected chi connectivity index (χ3v) is 2.79. The number of phenols is 1. The van der Waals surface area contributed by atoms with E-state index in [1.807, 2.05) is 0 Å². The van der Waals surface area contributed by atoms with E-state index in [-0.39, 0.29) is 16.3 Å². The number of esters is 1. The molecule has 3 N–H and O–H groups in total. The number of rotatable bonds is 3. The van der Waals surface area contributed by atoms with E-state index in [1.54, 1.807) is 20.8 Å². The highest BCUT2D eigenvalue weighted by Gasteiger charge is 2.24. The highest BCUT2D eigenvalue weighted by molar-refractivity contribution is 6.31. The number of urea groups is 1. The summed E-state index contributed by atoms with van der Waals surface area (Å²) in [7, 11) is 0. The smallest absolute Gasteiger partial charge is 0.342 e. The number of nitrogens with one attached hydrogen (secondary N) is 2. The molecule has 8 heteroatoms. The maximum Gasteiger partial charge on any atom is 0.342 e. The maximum absolute atomic E-state index is 11.9. The Morgan fingerprint density at radius 3 is 2.43 bits per heavy atom. The molecule has 1 aromatic rings. The molecule has 3 amide bonds. The molecule has 0 bridgehead atoms. The molecule has 126 valence electrons. The van der Waals surface area contributed by atoms with Gasteiger partial charge < -0.3 is 15.2 Å². The summed E-state index contributed by atoms with van der Waals surface area (Å²) in [6.45, 7) is 6.56. The molecule has 0 aromatic heterocycles. The first-order valence-corrected chi connectivity index (χ1v) is 7.20. The van der Waals surface area contributed by atoms with Crippen LogP contribution in [0.15, 0.2) is 18.2 Å². The molecule has 0 saturated carbocycles. The van der Waals surface area contributed by atoms with Crippen LogP contribution in [0.2, 0.25) is 5.02 Å². The summed E-state index contributed by atoms with van der Waals surface area (Å²) in [5.74, 6) is -2.04. The van der Waals surface area contributed by atoms with E-state index in [4.69, 9.17) is 16.3 Å². The summed E-state index contributed by atoms with van der Waals surface area (Å²) in [6, 6.07) is 3.16. The van der Waals surface area contributed by atoms with Crippen molar-refractivity contribution < 1.29 is 24.2 Å². The summed E-state index contributed by atoms with van der Waals surface area (Å²) >= 11 is 5.74. The number of amides is 3. The lowest BCUT2D eigenvalue weighted by molar-refractivity contribution is -0.127. The Labute approximate surface area is 139 Å². The summed E-state index contributed by atoms with van der Waals surface area (Å²) in [5, 5.41) is 14.4. The van der Waals surface area contributed by atoms with Gasteiger partial charge in [-0.25, -0.2) is 9.59 Å². The van der Waals surface area contributed by atoms with E-state index < -0.39 is 29.6 Å². The van der Waals surface area contributed by atoms with Gasteiger partial charge in [-0.3, -0.25) is 10.1 Å². The zero-order valence-corrected chi connectivity index (χ0v) is 14.0. The fourth-order valence-electron chi connectivity index (χ4n) is 1.53. The van der Waals surface area contributed by atoms with E-state index in [9.17, 15) is 19.5 Å². The van der Waals surface area contributed by atoms with Gasteiger partial charge in [0.2, 0.25) is 0 Å². The van der Waals surface area contributed by atoms with Gasteiger partial charge in [0.1, 0.15) is 11.3 Å². The van der Waals surface area contributed by atoms with Gasteiger partial charge in [-0.05, 0) is 45.9 Å². The predicted molar refractivity (Wildman–Crippen MR) is 84.4 cm³/mol. The van der Waals surface area contributed by atoms with E-state index in [0.29, 0.717) is 0 Å². The topological polar surface area (TPSA) is 105 Å². The molecule has 0 spiro atoms. The number of hydrogen-bond acceptors (Lipinski definition) is 5. The molecule has 1 atom stereocenters. The number of carbonyl (C=O) groups is 3. The zero-order chi connectivity index (χ0) is 17.8. The molecule has 1 aromatic carbocycles. The van der Waals surface area contributed by atoms with Crippen LogP contribution in [-0.4, -0.2) is 34.7 Å². The number of imide groups is 1. The second kappa shape index (κ2) is 7.32. The number of halogens is 1. The van der Waals surface area contributed by atoms with Crippen molar-refractivity contribution in [3.63, 3.8) is 0 Å². The molecule has 0 aliphatic rings. The van der Waals surface area contributed by atoms with Crippen molar-refractivity contribution in [2.24, 2.45) is 0 Å². The van der Waals surface area contributed by atoms with Crippen LogP contribution in [0.5, 0.6) is 5.75 Å². The van der Waals surface area contributed by atoms with Crippen molar-refractivity contribution in [1.82, 2.24) is 10.6 Å². The minimum absolute atomic E-state index is 0.170. The monoisotopic (exact) mass is 342 g/mol. The number of benzene rings is 1. The van der Waals surface area contributed by atoms with E-state index in [0.717, 1.165) is 0 Å². The Hall–Kier alpha value is -2.28. The van der Waals surface area contributed by atoms with Gasteiger partial charge in [-0.1, -0.05) is 11.6 Å². The molecule has 0 aliphatic heterocycles. The third kappa shape index (κ3) is 6.15. The van der Waals surface area contributed by atoms with Crippen LogP contribution in [0, 0.1) is 0 Å². The Kier molecular flexibility index (Phi) is 5.98. The quantitative estimate of drug-likeness (QED) is 0.730. The average Bonchev–Trinajstić information content (AvgIpc) is 2.38. The molecule has 0 fully saturated rings. The van der Waals surface area contributed by atoms with Crippen LogP contribution >= 0.6 is 11.6 Å². The Morgan fingerprint density at radius 1 is 1.26 bits per heavy atom. The normalized spacial score (nSPS) is 12.2. The standard InChI is InChI=1S/C15H19ClN2O5/c1-8(12(20)17-14(22)18-15(2,3)4)23-13(21)10-7-9(16)5-6-11(10)19/h5-8,19H,1-4H3,(H2,17,18,20,22). The van der Waals surface area contributed by atoms with Crippen molar-refractivity contribution in [1.29, 1.82) is 0 Å². The largest absolute Gasteiger partial charge is 0.507 e. The minimum atomic E-state index is -1.23. The molecule has 23 heavy (non-hydrogen) atoms. The van der Waals surface area contributed by atoms with Crippen LogP contribution in [0.3, 0.4) is 0 Å². The number of ether oxygens (including phenoxy) is 1. The van der Waals surface area contributed by atoms with Gasteiger partial charge in [-0.15, -0.1) is 0 Å². The summed E-state index contributed by atoms with van der Waals surface area (Å²) < 4.78 is 4.92. The van der Waals surface area contributed by atoms with Crippen LogP contribution in [0.25, 0.3) is 0 Å². The lowest BCUT2D eigenvalue weighted by Crippen LogP contribution is -2.50. The molecular formula is C15H19ClN2O5. The number of carbonyl (C=O) groups excluding carboxylic acids is 3. The van der Waals surface area contributed by atoms with Gasteiger partial charge in [0.05, 0.1) is 0 Å². The van der Waals surface area contributed by atoms with Gasteiger partial charge in [0.15, 0.2) is 6.10 Å². The molecule has 0 heterocycles. The average molecular weight is 343 g/mol. The van der Waals surface area contributed by atoms with E-state index >= 15 is 0 Å². The van der Waals surface area contributed by atoms with Crippen molar-refractivity contribution in [3.05, 3.63) is 28.8 Å². The number of phenolic OH excluding ortho intramolecular Hbond substituents is 1. The Morgan fingerprint density at radius 2 is 1.87 bits per heavy atom. The van der Waals surface area contributed by atoms with Gasteiger partial charge in [0, 0.05) is 10.6 Å². The number of aromatic hydroxyl groups is 1. The van der Waals surface area contributed by atoms with Crippen LogP contribution < -0.4 is 10.6 Å². The lowest BCUT2D eigenvalue weighted by atomic mass is 10.1. The summed E-state index contributed by atoms with van der Waals surface area (Å²) in [6.07, 6.45) is -1.23. The summed E-state index contributed by atoms with van der Waals surface area (Å²) in [5.41, 5.74) is -0.687. The molecule has 1 rings (SSSR count). The van der Waals surface area contributed by atoms with Crippen LogP contribution in [0.4, 0.5) is 4.79 Å². The van der Waals surface area contributed by atoms with Gasteiger partial charge >= 0.3 is 12.0 Å². The van der Waals surface area contributed by atoms with Gasteiger partial charge in [-0.2, -0.15) is 0 Å². The molecule has 1 unspecified atom stereocenters. The summed E-state index contributed by atoms with van der Waals surface area (Å²) in [4.78, 5) is 35.3. The second-order valence-electron chi connectivity index (χ2n) is 5.90. The van der Waals surface area contributed by atoms with Crippen LogP contribution in [0.1, 0.15) is 38.1 Å². The van der Waals surface area contributed by atoms with E-state index in [1.165, 1.54) is 25.1 Å². The molecule has 0 aliphatic carbocycles. The Bertz CT molecular complexity index is 625. The van der Waals surface area contributed by atoms with Crippen molar-refractivity contribution in [2.75, 3.05) is 0 Å². The van der Waals surface area contributed by atoms with Crippen molar-refractivity contribution in [3.8, 4) is 5.75 Å². The van der Waals surface area contributed by atoms with Crippen LogP contribution in [-0.2, 0) is 9.53 Å². The fourth-order valence-corrected chi connectivity index (χ4v) is 1.71. The first-order valence-electron chi connectivity index (χ1n) is 6.82. The Balaban J connectivity index is 2.66. The molecular weight excluding hydrogens is 324 g/mol. The van der Waals surface area contributed by atoms with Crippen molar-refractivity contribution in [2.45, 2.75) is 39.3 Å². The maximum atomic E-state index is 11.9. The van der Waals surface area contributed by atoms with E-state index in [2.05, 4.69) is 10.6 Å². The number of hydrogen-bond donors (Lipinski definition) is 3. The lowest BCUT2D eigenvalue weighted by Gasteiger charge is -2.21. The molecule has 0 saturated heterocycles. The predicted octanol–water partition coefficient (Wildman–Crippen LogP) is 2.22. The fraction of sp³-hybridized carbons (Fsp3) is 0.400. The van der Waals surface area contributed by atoms with Crippen molar-refractivity contribution >= 4 is 29.5 Å². The highest BCUT2D eigenvalue weighted by Crippen LogP contribution is 2.22. The second-order valence-corrected chi connectivity index (χ2v) is 6.34. The minimum Gasteiger partial charge on any atom is -0.507 e. The first kappa shape index (κ1) is 18.8. The first-order chi connectivity index (χ1) is 10.5.